The minimum absolute atomic E-state index is 0.118. The Labute approximate surface area is 149 Å². The summed E-state index contributed by atoms with van der Waals surface area (Å²) in [7, 11) is 0. The molecule has 1 amide bonds. The van der Waals surface area contributed by atoms with Gasteiger partial charge in [0.25, 0.3) is 5.91 Å². The molecule has 1 aromatic carbocycles. The van der Waals surface area contributed by atoms with Crippen LogP contribution in [0.1, 0.15) is 21.7 Å². The molecule has 24 heavy (non-hydrogen) atoms. The Bertz CT molecular complexity index is 811. The van der Waals surface area contributed by atoms with Gasteiger partial charge in [0.2, 0.25) is 0 Å². The van der Waals surface area contributed by atoms with Crippen LogP contribution in [0.4, 0.5) is 0 Å². The predicted molar refractivity (Wildman–Crippen MR) is 96.6 cm³/mol. The molecule has 3 rings (SSSR count). The molecule has 5 nitrogen and oxygen atoms in total. The third-order valence-corrected chi connectivity index (χ3v) is 4.18. The second-order valence-corrected chi connectivity index (χ2v) is 6.77. The Morgan fingerprint density at radius 2 is 1.96 bits per heavy atom. The number of fused-ring (bicyclic) bond motifs is 1. The van der Waals surface area contributed by atoms with Gasteiger partial charge in [-0.15, -0.1) is 0 Å². The summed E-state index contributed by atoms with van der Waals surface area (Å²) in [5.74, 6) is 1.36. The van der Waals surface area contributed by atoms with Crippen LogP contribution in [0.2, 0.25) is 0 Å². The molecule has 1 aliphatic rings. The zero-order valence-corrected chi connectivity index (χ0v) is 15.3. The number of rotatable bonds is 4. The van der Waals surface area contributed by atoms with Crippen LogP contribution in [0, 0.1) is 13.8 Å². The normalized spacial score (nSPS) is 12.8. The summed E-state index contributed by atoms with van der Waals surface area (Å²) in [6, 6.07) is 7.70. The molecule has 1 aliphatic heterocycles. The van der Waals surface area contributed by atoms with Gasteiger partial charge < -0.3 is 19.4 Å². The Hall–Kier alpha value is -2.21. The lowest BCUT2D eigenvalue weighted by Gasteiger charge is -2.20. The van der Waals surface area contributed by atoms with Crippen LogP contribution in [0.5, 0.6) is 11.5 Å². The summed E-state index contributed by atoms with van der Waals surface area (Å²) in [5, 5.41) is 2.84. The number of nitrogens with zero attached hydrogens (tertiary/aromatic N) is 1. The third-order valence-electron chi connectivity index (χ3n) is 3.90. The highest BCUT2D eigenvalue weighted by atomic mass is 79.9. The van der Waals surface area contributed by atoms with Gasteiger partial charge in [0.15, 0.2) is 11.5 Å². The molecule has 0 spiro atoms. The minimum atomic E-state index is -0.118. The highest BCUT2D eigenvalue weighted by molar-refractivity contribution is 9.11. The molecular weight excluding hydrogens is 372 g/mol. The van der Waals surface area contributed by atoms with Crippen molar-refractivity contribution in [3.8, 4) is 17.2 Å². The van der Waals surface area contributed by atoms with Gasteiger partial charge >= 0.3 is 0 Å². The van der Waals surface area contributed by atoms with Crippen molar-refractivity contribution in [3.05, 3.63) is 52.3 Å². The van der Waals surface area contributed by atoms with Gasteiger partial charge in [-0.1, -0.05) is 22.5 Å². The molecule has 6 heteroatoms. The van der Waals surface area contributed by atoms with Gasteiger partial charge in [-0.05, 0) is 32.0 Å². The standard InChI is InChI=1S/C18H19BrN2O3/c1-11(19)10-20-18(22)15-8-12(2)21(13(15)3)14-4-5-16-17(9-14)24-7-6-23-16/h4-5,8-9H,1,6-7,10H2,2-3H3,(H,20,22). The second-order valence-electron chi connectivity index (χ2n) is 5.65. The lowest BCUT2D eigenvalue weighted by Crippen LogP contribution is -2.24. The minimum Gasteiger partial charge on any atom is -0.486 e. The van der Waals surface area contributed by atoms with Crippen molar-refractivity contribution >= 4 is 21.8 Å². The Morgan fingerprint density at radius 3 is 2.67 bits per heavy atom. The van der Waals surface area contributed by atoms with Gasteiger partial charge in [0.05, 0.1) is 5.56 Å². The van der Waals surface area contributed by atoms with Gasteiger partial charge in [0.1, 0.15) is 13.2 Å². The van der Waals surface area contributed by atoms with E-state index in [0.29, 0.717) is 25.3 Å². The fourth-order valence-corrected chi connectivity index (χ4v) is 2.97. The number of aromatic nitrogens is 1. The number of carbonyl (C=O) groups excluding carboxylic acids is 1. The lowest BCUT2D eigenvalue weighted by atomic mass is 10.2. The zero-order chi connectivity index (χ0) is 17.3. The van der Waals surface area contributed by atoms with Crippen molar-refractivity contribution in [2.24, 2.45) is 0 Å². The number of halogens is 1. The van der Waals surface area contributed by atoms with Crippen LogP contribution in [0.3, 0.4) is 0 Å². The molecule has 126 valence electrons. The monoisotopic (exact) mass is 390 g/mol. The Morgan fingerprint density at radius 1 is 1.25 bits per heavy atom. The van der Waals surface area contributed by atoms with E-state index in [1.807, 2.05) is 42.7 Å². The highest BCUT2D eigenvalue weighted by Crippen LogP contribution is 2.33. The molecule has 0 fully saturated rings. The van der Waals surface area contributed by atoms with E-state index in [1.165, 1.54) is 0 Å². The van der Waals surface area contributed by atoms with E-state index in [1.54, 1.807) is 0 Å². The zero-order valence-electron chi connectivity index (χ0n) is 13.7. The van der Waals surface area contributed by atoms with Crippen LogP contribution in [0.25, 0.3) is 5.69 Å². The first-order valence-electron chi connectivity index (χ1n) is 7.68. The molecule has 0 bridgehead atoms. The van der Waals surface area contributed by atoms with Gasteiger partial charge in [-0.3, -0.25) is 4.79 Å². The first kappa shape index (κ1) is 16.6. The molecule has 2 aromatic rings. The number of amides is 1. The summed E-state index contributed by atoms with van der Waals surface area (Å²) in [5.41, 5.74) is 3.45. The fourth-order valence-electron chi connectivity index (χ4n) is 2.83. The topological polar surface area (TPSA) is 52.5 Å². The average Bonchev–Trinajstić information content (AvgIpc) is 2.87. The molecule has 2 heterocycles. The third kappa shape index (κ3) is 3.19. The molecule has 0 radical (unpaired) electrons. The maximum absolute atomic E-state index is 12.4. The summed E-state index contributed by atoms with van der Waals surface area (Å²) in [4.78, 5) is 12.4. The number of carbonyl (C=O) groups is 1. The van der Waals surface area contributed by atoms with Crippen LogP contribution in [0.15, 0.2) is 35.3 Å². The summed E-state index contributed by atoms with van der Waals surface area (Å²) >= 11 is 3.25. The molecule has 0 saturated carbocycles. The molecule has 1 aromatic heterocycles. The largest absolute Gasteiger partial charge is 0.486 e. The summed E-state index contributed by atoms with van der Waals surface area (Å²) < 4.78 is 14.0. The molecule has 0 saturated heterocycles. The van der Waals surface area contributed by atoms with Crippen LogP contribution < -0.4 is 14.8 Å². The van der Waals surface area contributed by atoms with Crippen LogP contribution in [-0.2, 0) is 0 Å². The van der Waals surface area contributed by atoms with Crippen molar-refractivity contribution in [1.82, 2.24) is 9.88 Å². The molecule has 0 aliphatic carbocycles. The number of hydrogen-bond donors (Lipinski definition) is 1. The first-order chi connectivity index (χ1) is 11.5. The van der Waals surface area contributed by atoms with Gasteiger partial charge in [-0.25, -0.2) is 0 Å². The number of hydrogen-bond acceptors (Lipinski definition) is 3. The van der Waals surface area contributed by atoms with E-state index in [0.717, 1.165) is 33.1 Å². The predicted octanol–water partition coefficient (Wildman–Crippen LogP) is 3.50. The van der Waals surface area contributed by atoms with Crippen molar-refractivity contribution in [1.29, 1.82) is 0 Å². The summed E-state index contributed by atoms with van der Waals surface area (Å²) in [6.45, 7) is 9.14. The van der Waals surface area contributed by atoms with E-state index in [9.17, 15) is 4.79 Å². The SMILES string of the molecule is C=C(Br)CNC(=O)c1cc(C)n(-c2ccc3c(c2)OCCO3)c1C. The van der Waals surface area contributed by atoms with Crippen LogP contribution >= 0.6 is 15.9 Å². The maximum Gasteiger partial charge on any atom is 0.253 e. The average molecular weight is 391 g/mol. The number of aryl methyl sites for hydroxylation is 1. The molecule has 1 N–H and O–H groups in total. The van der Waals surface area contributed by atoms with E-state index in [-0.39, 0.29) is 5.91 Å². The van der Waals surface area contributed by atoms with E-state index in [4.69, 9.17) is 9.47 Å². The Balaban J connectivity index is 1.94. The van der Waals surface area contributed by atoms with E-state index >= 15 is 0 Å². The van der Waals surface area contributed by atoms with Gasteiger partial charge in [0, 0.05) is 34.2 Å². The fraction of sp³-hybridized carbons (Fsp3) is 0.278. The lowest BCUT2D eigenvalue weighted by molar-refractivity contribution is 0.0957. The number of ether oxygens (including phenoxy) is 2. The molecule has 0 atom stereocenters. The molecule has 0 unspecified atom stereocenters. The maximum atomic E-state index is 12.4. The smallest absolute Gasteiger partial charge is 0.253 e. The van der Waals surface area contributed by atoms with Crippen molar-refractivity contribution in [3.63, 3.8) is 0 Å². The van der Waals surface area contributed by atoms with Gasteiger partial charge in [-0.2, -0.15) is 0 Å². The summed E-state index contributed by atoms with van der Waals surface area (Å²) in [6.07, 6.45) is 0. The Kier molecular flexibility index (Phi) is 4.66. The van der Waals surface area contributed by atoms with E-state index < -0.39 is 0 Å². The highest BCUT2D eigenvalue weighted by Gasteiger charge is 2.18. The van der Waals surface area contributed by atoms with Crippen molar-refractivity contribution in [2.45, 2.75) is 13.8 Å². The first-order valence-corrected chi connectivity index (χ1v) is 8.47. The van der Waals surface area contributed by atoms with E-state index in [2.05, 4.69) is 27.8 Å². The van der Waals surface area contributed by atoms with Crippen LogP contribution in [-0.4, -0.2) is 30.2 Å². The number of nitrogens with one attached hydrogen (secondary N) is 1. The van der Waals surface area contributed by atoms with Crippen molar-refractivity contribution in [2.75, 3.05) is 19.8 Å². The second kappa shape index (κ2) is 6.73. The molecular formula is C18H19BrN2O3. The number of benzene rings is 1. The van der Waals surface area contributed by atoms with Crippen molar-refractivity contribution < 1.29 is 14.3 Å². The quantitative estimate of drug-likeness (QED) is 0.868.